The summed E-state index contributed by atoms with van der Waals surface area (Å²) in [5.74, 6) is -0.217. The number of halogens is 1. The van der Waals surface area contributed by atoms with E-state index in [2.05, 4.69) is 31.1 Å². The van der Waals surface area contributed by atoms with E-state index in [1.807, 2.05) is 30.3 Å². The highest BCUT2D eigenvalue weighted by Crippen LogP contribution is 2.15. The fraction of sp³-hybridized carbons (Fsp3) is 0.235. The summed E-state index contributed by atoms with van der Waals surface area (Å²) in [5, 5.41) is 2.63. The minimum Gasteiger partial charge on any atom is -0.353 e. The van der Waals surface area contributed by atoms with Gasteiger partial charge in [-0.2, -0.15) is 0 Å². The Balaban J connectivity index is 1.54. The molecular weight excluding hydrogens is 372 g/mol. The molecule has 2 aromatic rings. The maximum atomic E-state index is 12.3. The van der Waals surface area contributed by atoms with Gasteiger partial charge in [-0.15, -0.1) is 0 Å². The summed E-state index contributed by atoms with van der Waals surface area (Å²) in [7, 11) is 0. The molecular formula is C17H17BrN4O2. The van der Waals surface area contributed by atoms with Crippen LogP contribution in [-0.4, -0.2) is 47.9 Å². The predicted molar refractivity (Wildman–Crippen MR) is 95.8 cm³/mol. The molecule has 0 atom stereocenters. The third-order valence-corrected chi connectivity index (χ3v) is 4.37. The number of nitrogens with zero attached hydrogens (tertiary/aromatic N) is 3. The molecule has 1 aromatic heterocycles. The number of rotatable bonds is 2. The summed E-state index contributed by atoms with van der Waals surface area (Å²) >= 11 is 3.33. The lowest BCUT2D eigenvalue weighted by Gasteiger charge is -2.34. The lowest BCUT2D eigenvalue weighted by molar-refractivity contribution is -0.143. The Hall–Kier alpha value is -2.41. The molecule has 0 spiro atoms. The third-order valence-electron chi connectivity index (χ3n) is 3.84. The first kappa shape index (κ1) is 16.4. The molecule has 0 saturated carbocycles. The van der Waals surface area contributed by atoms with Crippen LogP contribution in [0.15, 0.2) is 53.1 Å². The van der Waals surface area contributed by atoms with Gasteiger partial charge in [0, 0.05) is 42.5 Å². The van der Waals surface area contributed by atoms with Crippen LogP contribution in [0.5, 0.6) is 0 Å². The summed E-state index contributed by atoms with van der Waals surface area (Å²) in [6.07, 6.45) is 1.75. The quantitative estimate of drug-likeness (QED) is 0.800. The van der Waals surface area contributed by atoms with Crippen LogP contribution in [0.1, 0.15) is 0 Å². The molecule has 1 fully saturated rings. The first-order valence-corrected chi connectivity index (χ1v) is 8.44. The van der Waals surface area contributed by atoms with Crippen LogP contribution in [-0.2, 0) is 9.59 Å². The van der Waals surface area contributed by atoms with Gasteiger partial charge in [0.05, 0.1) is 0 Å². The van der Waals surface area contributed by atoms with Gasteiger partial charge in [-0.3, -0.25) is 9.59 Å². The van der Waals surface area contributed by atoms with Gasteiger partial charge in [0.2, 0.25) is 0 Å². The largest absolute Gasteiger partial charge is 0.353 e. The van der Waals surface area contributed by atoms with Crippen molar-refractivity contribution in [2.75, 3.05) is 36.4 Å². The van der Waals surface area contributed by atoms with Crippen molar-refractivity contribution in [3.05, 3.63) is 53.1 Å². The molecule has 1 aliphatic rings. The number of pyridine rings is 1. The Morgan fingerprint density at radius 2 is 1.71 bits per heavy atom. The average Bonchev–Trinajstić information content (AvgIpc) is 2.64. The van der Waals surface area contributed by atoms with Gasteiger partial charge in [0.25, 0.3) is 0 Å². The first-order valence-electron chi connectivity index (χ1n) is 7.65. The Labute approximate surface area is 148 Å². The van der Waals surface area contributed by atoms with E-state index in [0.29, 0.717) is 31.9 Å². The third kappa shape index (κ3) is 3.91. The number of hydrogen-bond donors (Lipinski definition) is 1. The second-order valence-corrected chi connectivity index (χ2v) is 6.34. The van der Waals surface area contributed by atoms with Gasteiger partial charge in [-0.1, -0.05) is 22.0 Å². The molecule has 0 bridgehead atoms. The number of carbonyl (C=O) groups excluding carboxylic acids is 2. The number of amides is 2. The maximum Gasteiger partial charge on any atom is 0.313 e. The smallest absolute Gasteiger partial charge is 0.313 e. The maximum absolute atomic E-state index is 12.3. The first-order chi connectivity index (χ1) is 11.6. The summed E-state index contributed by atoms with van der Waals surface area (Å²) in [6, 6.07) is 12.9. The molecule has 0 radical (unpaired) electrons. The molecule has 1 aromatic carbocycles. The number of benzene rings is 1. The van der Waals surface area contributed by atoms with Crippen LogP contribution in [0.4, 0.5) is 11.5 Å². The minimum atomic E-state index is -0.608. The van der Waals surface area contributed by atoms with Crippen molar-refractivity contribution in [2.45, 2.75) is 0 Å². The van der Waals surface area contributed by atoms with E-state index in [9.17, 15) is 9.59 Å². The Kier molecular flexibility index (Phi) is 5.10. The highest BCUT2D eigenvalue weighted by molar-refractivity contribution is 9.10. The molecule has 1 N–H and O–H groups in total. The lowest BCUT2D eigenvalue weighted by Crippen LogP contribution is -2.51. The second-order valence-electron chi connectivity index (χ2n) is 5.43. The van der Waals surface area contributed by atoms with E-state index in [1.165, 1.54) is 0 Å². The fourth-order valence-electron chi connectivity index (χ4n) is 2.54. The van der Waals surface area contributed by atoms with Gasteiger partial charge in [0.15, 0.2) is 0 Å². The van der Waals surface area contributed by atoms with Crippen LogP contribution in [0, 0.1) is 0 Å². The van der Waals surface area contributed by atoms with Gasteiger partial charge in [-0.25, -0.2) is 4.98 Å². The number of hydrogen-bond acceptors (Lipinski definition) is 4. The number of aromatic nitrogens is 1. The number of piperazine rings is 1. The molecule has 0 unspecified atom stereocenters. The Morgan fingerprint density at radius 1 is 1.00 bits per heavy atom. The standard InChI is InChI=1S/C17H17BrN4O2/c18-13-4-6-14(7-5-13)20-16(23)17(24)22-11-9-21(10-12-22)15-3-1-2-8-19-15/h1-8H,9-12H2,(H,20,23). The summed E-state index contributed by atoms with van der Waals surface area (Å²) in [4.78, 5) is 32.4. The molecule has 3 rings (SSSR count). The molecule has 124 valence electrons. The van der Waals surface area contributed by atoms with Gasteiger partial charge >= 0.3 is 11.8 Å². The van der Waals surface area contributed by atoms with Crippen LogP contribution in [0.2, 0.25) is 0 Å². The van der Waals surface area contributed by atoms with E-state index in [-0.39, 0.29) is 0 Å². The van der Waals surface area contributed by atoms with E-state index < -0.39 is 11.8 Å². The monoisotopic (exact) mass is 388 g/mol. The van der Waals surface area contributed by atoms with Crippen molar-refractivity contribution in [1.82, 2.24) is 9.88 Å². The van der Waals surface area contributed by atoms with Crippen LogP contribution in [0.25, 0.3) is 0 Å². The van der Waals surface area contributed by atoms with Crippen LogP contribution < -0.4 is 10.2 Å². The van der Waals surface area contributed by atoms with Crippen LogP contribution >= 0.6 is 15.9 Å². The average molecular weight is 389 g/mol. The number of nitrogens with one attached hydrogen (secondary N) is 1. The Morgan fingerprint density at radius 3 is 2.33 bits per heavy atom. The molecule has 2 heterocycles. The van der Waals surface area contributed by atoms with E-state index >= 15 is 0 Å². The fourth-order valence-corrected chi connectivity index (χ4v) is 2.81. The van der Waals surface area contributed by atoms with Gasteiger partial charge in [0.1, 0.15) is 5.82 Å². The van der Waals surface area contributed by atoms with Crippen molar-refractivity contribution in [3.8, 4) is 0 Å². The highest BCUT2D eigenvalue weighted by atomic mass is 79.9. The Bertz CT molecular complexity index is 713. The van der Waals surface area contributed by atoms with Crippen molar-refractivity contribution in [1.29, 1.82) is 0 Å². The van der Waals surface area contributed by atoms with Crippen LogP contribution in [0.3, 0.4) is 0 Å². The molecule has 7 heteroatoms. The summed E-state index contributed by atoms with van der Waals surface area (Å²) < 4.78 is 0.914. The number of anilines is 2. The molecule has 1 saturated heterocycles. The number of carbonyl (C=O) groups is 2. The topological polar surface area (TPSA) is 65.5 Å². The highest BCUT2D eigenvalue weighted by Gasteiger charge is 2.26. The summed E-state index contributed by atoms with van der Waals surface area (Å²) in [6.45, 7) is 2.33. The van der Waals surface area contributed by atoms with Gasteiger partial charge < -0.3 is 15.1 Å². The zero-order valence-electron chi connectivity index (χ0n) is 13.0. The lowest BCUT2D eigenvalue weighted by atomic mass is 10.2. The minimum absolute atomic E-state index is 0.501. The molecule has 1 aliphatic heterocycles. The zero-order chi connectivity index (χ0) is 16.9. The van der Waals surface area contributed by atoms with Gasteiger partial charge in [-0.05, 0) is 36.4 Å². The van der Waals surface area contributed by atoms with Crippen molar-refractivity contribution >= 4 is 39.2 Å². The summed E-state index contributed by atoms with van der Waals surface area (Å²) in [5.41, 5.74) is 0.601. The van der Waals surface area contributed by atoms with Crippen molar-refractivity contribution in [2.24, 2.45) is 0 Å². The SMILES string of the molecule is O=C(Nc1ccc(Br)cc1)C(=O)N1CCN(c2ccccn2)CC1. The molecule has 24 heavy (non-hydrogen) atoms. The van der Waals surface area contributed by atoms with E-state index in [4.69, 9.17) is 0 Å². The second kappa shape index (κ2) is 7.44. The van der Waals surface area contributed by atoms with E-state index in [0.717, 1.165) is 10.3 Å². The zero-order valence-corrected chi connectivity index (χ0v) is 14.6. The molecule has 0 aliphatic carbocycles. The molecule has 6 nitrogen and oxygen atoms in total. The predicted octanol–water partition coefficient (Wildman–Crippen LogP) is 2.13. The normalized spacial score (nSPS) is 14.4. The van der Waals surface area contributed by atoms with E-state index in [1.54, 1.807) is 23.2 Å². The van der Waals surface area contributed by atoms with Crippen molar-refractivity contribution in [3.63, 3.8) is 0 Å². The molecule has 2 amide bonds. The van der Waals surface area contributed by atoms with Crippen molar-refractivity contribution < 1.29 is 9.59 Å².